The summed E-state index contributed by atoms with van der Waals surface area (Å²) in [7, 11) is 0. The molecule has 0 fully saturated rings. The first-order valence-corrected chi connectivity index (χ1v) is 7.02. The first-order chi connectivity index (χ1) is 8.15. The van der Waals surface area contributed by atoms with Crippen molar-refractivity contribution in [1.82, 2.24) is 0 Å². The molecule has 0 atom stereocenters. The van der Waals surface area contributed by atoms with Gasteiger partial charge in [-0.1, -0.05) is 6.07 Å². The Morgan fingerprint density at radius 2 is 2.18 bits per heavy atom. The van der Waals surface area contributed by atoms with Crippen LogP contribution in [0.25, 0.3) is 0 Å². The van der Waals surface area contributed by atoms with E-state index in [9.17, 15) is 10.1 Å². The molecule has 0 saturated carbocycles. The van der Waals surface area contributed by atoms with Gasteiger partial charge >= 0.3 is 0 Å². The van der Waals surface area contributed by atoms with Crippen molar-refractivity contribution in [1.29, 1.82) is 0 Å². The number of unbranched alkanes of at least 4 members (excludes halogenated alkanes) is 1. The number of hydrogen-bond acceptors (Lipinski definition) is 4. The van der Waals surface area contributed by atoms with Gasteiger partial charge in [0.15, 0.2) is 0 Å². The number of benzene rings is 1. The molecule has 4 nitrogen and oxygen atoms in total. The minimum absolute atomic E-state index is 0.141. The highest BCUT2D eigenvalue weighted by Gasteiger charge is 2.07. The molecule has 5 heteroatoms. The molecule has 1 aromatic rings. The summed E-state index contributed by atoms with van der Waals surface area (Å²) in [6.07, 6.45) is 4.35. The molecule has 0 aliphatic carbocycles. The van der Waals surface area contributed by atoms with Gasteiger partial charge in [0.25, 0.3) is 5.69 Å². The van der Waals surface area contributed by atoms with E-state index < -0.39 is 0 Å². The topological polar surface area (TPSA) is 55.2 Å². The molecule has 1 N–H and O–H groups in total. The van der Waals surface area contributed by atoms with E-state index in [2.05, 4.69) is 11.6 Å². The lowest BCUT2D eigenvalue weighted by Crippen LogP contribution is -2.04. The average Bonchev–Trinajstić information content (AvgIpc) is 2.30. The lowest BCUT2D eigenvalue weighted by Gasteiger charge is -2.08. The van der Waals surface area contributed by atoms with Crippen molar-refractivity contribution in [3.63, 3.8) is 0 Å². The van der Waals surface area contributed by atoms with Gasteiger partial charge in [0, 0.05) is 24.4 Å². The van der Waals surface area contributed by atoms with E-state index in [1.165, 1.54) is 12.5 Å². The molecule has 0 bridgehead atoms. The molecule has 0 spiro atoms. The Hall–Kier alpha value is -1.23. The third kappa shape index (κ3) is 4.65. The molecule has 0 amide bonds. The largest absolute Gasteiger partial charge is 0.385 e. The van der Waals surface area contributed by atoms with Crippen LogP contribution in [0.2, 0.25) is 0 Å². The Kier molecular flexibility index (Phi) is 5.83. The average molecular weight is 254 g/mol. The summed E-state index contributed by atoms with van der Waals surface area (Å²) in [5, 5.41) is 13.9. The molecule has 94 valence electrons. The van der Waals surface area contributed by atoms with Gasteiger partial charge in [0.1, 0.15) is 0 Å². The molecule has 1 aromatic carbocycles. The van der Waals surface area contributed by atoms with Gasteiger partial charge in [0.2, 0.25) is 0 Å². The van der Waals surface area contributed by atoms with Gasteiger partial charge in [-0.2, -0.15) is 11.8 Å². The lowest BCUT2D eigenvalue weighted by molar-refractivity contribution is -0.384. The minimum Gasteiger partial charge on any atom is -0.385 e. The highest BCUT2D eigenvalue weighted by Crippen LogP contribution is 2.21. The molecule has 0 aliphatic heterocycles. The maximum absolute atomic E-state index is 10.7. The van der Waals surface area contributed by atoms with Crippen LogP contribution >= 0.6 is 11.8 Å². The maximum Gasteiger partial charge on any atom is 0.271 e. The Balaban J connectivity index is 2.51. The fourth-order valence-corrected chi connectivity index (χ4v) is 2.00. The molecule has 17 heavy (non-hydrogen) atoms. The second-order valence-corrected chi connectivity index (χ2v) is 4.87. The third-order valence-electron chi connectivity index (χ3n) is 2.52. The Bertz CT molecular complexity index is 383. The third-order valence-corrected chi connectivity index (χ3v) is 3.22. The fourth-order valence-electron chi connectivity index (χ4n) is 1.51. The number of non-ortho nitro benzene ring substituents is 1. The summed E-state index contributed by atoms with van der Waals surface area (Å²) in [5.74, 6) is 1.16. The summed E-state index contributed by atoms with van der Waals surface area (Å²) in [5.41, 5.74) is 2.05. The zero-order valence-corrected chi connectivity index (χ0v) is 11.0. The molecule has 0 unspecified atom stereocenters. The summed E-state index contributed by atoms with van der Waals surface area (Å²) in [4.78, 5) is 10.3. The first-order valence-electron chi connectivity index (χ1n) is 5.63. The Morgan fingerprint density at radius 1 is 1.41 bits per heavy atom. The zero-order chi connectivity index (χ0) is 12.7. The predicted octanol–water partition coefficient (Wildman–Crippen LogP) is 3.46. The fraction of sp³-hybridized carbons (Fsp3) is 0.500. The second kappa shape index (κ2) is 7.17. The SMILES string of the molecule is CSCCCCNc1cc([N+](=O)[O-])ccc1C. The van der Waals surface area contributed by atoms with Crippen molar-refractivity contribution in [3.8, 4) is 0 Å². The number of nitrogens with zero attached hydrogens (tertiary/aromatic N) is 1. The van der Waals surface area contributed by atoms with Crippen molar-refractivity contribution in [2.75, 3.05) is 23.9 Å². The van der Waals surface area contributed by atoms with E-state index in [0.29, 0.717) is 0 Å². The molecular weight excluding hydrogens is 236 g/mol. The van der Waals surface area contributed by atoms with Gasteiger partial charge in [-0.3, -0.25) is 10.1 Å². The van der Waals surface area contributed by atoms with Gasteiger partial charge in [-0.15, -0.1) is 0 Å². The van der Waals surface area contributed by atoms with Gasteiger partial charge in [-0.05, 0) is 37.3 Å². The van der Waals surface area contributed by atoms with Crippen molar-refractivity contribution >= 4 is 23.1 Å². The molecule has 0 saturated heterocycles. The normalized spacial score (nSPS) is 10.2. The molecular formula is C12H18N2O2S. The number of anilines is 1. The maximum atomic E-state index is 10.7. The lowest BCUT2D eigenvalue weighted by atomic mass is 10.2. The van der Waals surface area contributed by atoms with Crippen molar-refractivity contribution < 1.29 is 4.92 Å². The van der Waals surface area contributed by atoms with Crippen molar-refractivity contribution in [3.05, 3.63) is 33.9 Å². The van der Waals surface area contributed by atoms with Gasteiger partial charge in [0.05, 0.1) is 4.92 Å². The Morgan fingerprint density at radius 3 is 2.82 bits per heavy atom. The summed E-state index contributed by atoms with van der Waals surface area (Å²) >= 11 is 1.84. The van der Waals surface area contributed by atoms with E-state index >= 15 is 0 Å². The number of hydrogen-bond donors (Lipinski definition) is 1. The van der Waals surface area contributed by atoms with Gasteiger partial charge in [-0.25, -0.2) is 0 Å². The summed E-state index contributed by atoms with van der Waals surface area (Å²) in [6.45, 7) is 2.82. The predicted molar refractivity (Wildman–Crippen MR) is 73.9 cm³/mol. The smallest absolute Gasteiger partial charge is 0.271 e. The quantitative estimate of drug-likeness (QED) is 0.460. The highest BCUT2D eigenvalue weighted by atomic mass is 32.2. The number of nitro groups is 1. The first kappa shape index (κ1) is 13.8. The van der Waals surface area contributed by atoms with E-state index in [1.54, 1.807) is 12.1 Å². The van der Waals surface area contributed by atoms with Crippen LogP contribution in [0.5, 0.6) is 0 Å². The zero-order valence-electron chi connectivity index (χ0n) is 10.2. The van der Waals surface area contributed by atoms with Crippen LogP contribution in [-0.4, -0.2) is 23.5 Å². The van der Waals surface area contributed by atoms with E-state index in [0.717, 1.165) is 30.0 Å². The highest BCUT2D eigenvalue weighted by molar-refractivity contribution is 7.98. The molecule has 0 radical (unpaired) electrons. The van der Waals surface area contributed by atoms with Crippen LogP contribution in [0, 0.1) is 17.0 Å². The number of nitro benzene ring substituents is 1. The number of thioether (sulfide) groups is 1. The number of nitrogens with one attached hydrogen (secondary N) is 1. The second-order valence-electron chi connectivity index (χ2n) is 3.88. The van der Waals surface area contributed by atoms with Crippen LogP contribution in [0.3, 0.4) is 0 Å². The van der Waals surface area contributed by atoms with Crippen LogP contribution in [0.1, 0.15) is 18.4 Å². The Labute approximate surface area is 106 Å². The standard InChI is InChI=1S/C12H18N2O2S/c1-10-5-6-11(14(15)16)9-12(10)13-7-3-4-8-17-2/h5-6,9,13H,3-4,7-8H2,1-2H3. The van der Waals surface area contributed by atoms with Crippen molar-refractivity contribution in [2.45, 2.75) is 19.8 Å². The number of rotatable bonds is 7. The van der Waals surface area contributed by atoms with Crippen molar-refractivity contribution in [2.24, 2.45) is 0 Å². The monoisotopic (exact) mass is 254 g/mol. The van der Waals surface area contributed by atoms with Crippen LogP contribution in [-0.2, 0) is 0 Å². The van der Waals surface area contributed by atoms with Crippen LogP contribution in [0.15, 0.2) is 18.2 Å². The molecule has 1 rings (SSSR count). The minimum atomic E-state index is -0.363. The van der Waals surface area contributed by atoms with E-state index in [1.807, 2.05) is 18.7 Å². The van der Waals surface area contributed by atoms with E-state index in [-0.39, 0.29) is 10.6 Å². The molecule has 0 aromatic heterocycles. The number of aryl methyl sites for hydroxylation is 1. The molecule has 0 heterocycles. The summed E-state index contributed by atoms with van der Waals surface area (Å²) in [6, 6.07) is 4.92. The summed E-state index contributed by atoms with van der Waals surface area (Å²) < 4.78 is 0. The van der Waals surface area contributed by atoms with E-state index in [4.69, 9.17) is 0 Å². The van der Waals surface area contributed by atoms with Crippen LogP contribution in [0.4, 0.5) is 11.4 Å². The van der Waals surface area contributed by atoms with Crippen LogP contribution < -0.4 is 5.32 Å². The molecule has 0 aliphatic rings. The van der Waals surface area contributed by atoms with Gasteiger partial charge < -0.3 is 5.32 Å².